The first-order chi connectivity index (χ1) is 13.3. The third-order valence-electron chi connectivity index (χ3n) is 3.51. The maximum absolute atomic E-state index is 13.7. The quantitative estimate of drug-likeness (QED) is 0.759. The Bertz CT molecular complexity index is 1010. The molecule has 7 nitrogen and oxygen atoms in total. The number of amides is 2. The standard InChI is InChI=1S/C20H23FN2O5S/c1-20(2,3)28-19(25)23-16-10-9-15(21)11-17(16)22-18(24)14-7-5-13(6-8-14)12-29(4,26)27/h5-11H,12H2,1-4H3,(H,22,24)(H,23,25). The van der Waals surface area contributed by atoms with E-state index in [1.54, 1.807) is 20.8 Å². The van der Waals surface area contributed by atoms with Gasteiger partial charge in [-0.25, -0.2) is 17.6 Å². The molecule has 0 aliphatic carbocycles. The van der Waals surface area contributed by atoms with E-state index in [-0.39, 0.29) is 22.7 Å². The van der Waals surface area contributed by atoms with Gasteiger partial charge in [-0.1, -0.05) is 12.1 Å². The lowest BCUT2D eigenvalue weighted by molar-refractivity contribution is 0.0635. The number of carbonyl (C=O) groups is 2. The fraction of sp³-hybridized carbons (Fsp3) is 0.300. The van der Waals surface area contributed by atoms with Crippen LogP contribution < -0.4 is 10.6 Å². The predicted octanol–water partition coefficient (Wildman–Crippen LogP) is 3.97. The van der Waals surface area contributed by atoms with E-state index in [0.717, 1.165) is 18.4 Å². The average molecular weight is 422 g/mol. The van der Waals surface area contributed by atoms with Crippen LogP contribution in [-0.2, 0) is 20.3 Å². The van der Waals surface area contributed by atoms with Gasteiger partial charge in [0.2, 0.25) is 0 Å². The van der Waals surface area contributed by atoms with Gasteiger partial charge in [0.05, 0.1) is 17.1 Å². The number of nitrogens with one attached hydrogen (secondary N) is 2. The van der Waals surface area contributed by atoms with Crippen molar-refractivity contribution in [3.63, 3.8) is 0 Å². The van der Waals surface area contributed by atoms with E-state index in [1.165, 1.54) is 30.3 Å². The first-order valence-corrected chi connectivity index (χ1v) is 10.8. The number of sulfone groups is 1. The molecule has 0 atom stereocenters. The molecule has 156 valence electrons. The van der Waals surface area contributed by atoms with E-state index in [0.29, 0.717) is 5.56 Å². The van der Waals surface area contributed by atoms with Crippen molar-refractivity contribution < 1.29 is 27.1 Å². The number of halogens is 1. The number of anilines is 2. The zero-order chi connectivity index (χ0) is 21.8. The van der Waals surface area contributed by atoms with E-state index in [9.17, 15) is 22.4 Å². The number of carbonyl (C=O) groups excluding carboxylic acids is 2. The Morgan fingerprint density at radius 1 is 1.00 bits per heavy atom. The molecule has 0 aliphatic heterocycles. The molecule has 0 saturated carbocycles. The van der Waals surface area contributed by atoms with Crippen molar-refractivity contribution in [2.24, 2.45) is 0 Å². The number of ether oxygens (including phenoxy) is 1. The second-order valence-corrected chi connectivity index (χ2v) is 9.68. The Hall–Kier alpha value is -2.94. The van der Waals surface area contributed by atoms with E-state index < -0.39 is 33.3 Å². The molecule has 0 saturated heterocycles. The first-order valence-electron chi connectivity index (χ1n) is 8.70. The van der Waals surface area contributed by atoms with Crippen LogP contribution in [0.15, 0.2) is 42.5 Å². The van der Waals surface area contributed by atoms with E-state index in [1.807, 2.05) is 0 Å². The topological polar surface area (TPSA) is 102 Å². The van der Waals surface area contributed by atoms with Gasteiger partial charge in [0.1, 0.15) is 11.4 Å². The van der Waals surface area contributed by atoms with Crippen LogP contribution in [0.5, 0.6) is 0 Å². The molecule has 0 fully saturated rings. The Labute approximate surface area is 169 Å². The van der Waals surface area contributed by atoms with E-state index in [2.05, 4.69) is 10.6 Å². The second-order valence-electron chi connectivity index (χ2n) is 7.54. The van der Waals surface area contributed by atoms with Gasteiger partial charge in [0, 0.05) is 11.8 Å². The second kappa shape index (κ2) is 8.60. The number of rotatable bonds is 5. The molecule has 29 heavy (non-hydrogen) atoms. The fourth-order valence-corrected chi connectivity index (χ4v) is 3.19. The molecule has 0 spiro atoms. The molecule has 9 heteroatoms. The van der Waals surface area contributed by atoms with E-state index >= 15 is 0 Å². The van der Waals surface area contributed by atoms with Crippen molar-refractivity contribution in [3.05, 3.63) is 59.4 Å². The third-order valence-corrected chi connectivity index (χ3v) is 4.37. The van der Waals surface area contributed by atoms with Crippen LogP contribution in [0, 0.1) is 5.82 Å². The van der Waals surface area contributed by atoms with Crippen molar-refractivity contribution in [1.82, 2.24) is 0 Å². The summed E-state index contributed by atoms with van der Waals surface area (Å²) in [6.45, 7) is 5.11. The molecular weight excluding hydrogens is 399 g/mol. The normalized spacial score (nSPS) is 11.6. The number of hydrogen-bond acceptors (Lipinski definition) is 5. The molecule has 0 unspecified atom stereocenters. The van der Waals surface area contributed by atoms with Gasteiger partial charge < -0.3 is 10.1 Å². The zero-order valence-electron chi connectivity index (χ0n) is 16.6. The molecule has 0 heterocycles. The van der Waals surface area contributed by atoms with Crippen LogP contribution in [0.3, 0.4) is 0 Å². The summed E-state index contributed by atoms with van der Waals surface area (Å²) in [6, 6.07) is 9.52. The fourth-order valence-electron chi connectivity index (χ4n) is 2.39. The van der Waals surface area contributed by atoms with Crippen LogP contribution >= 0.6 is 0 Å². The van der Waals surface area contributed by atoms with E-state index in [4.69, 9.17) is 4.74 Å². The first kappa shape index (κ1) is 22.4. The summed E-state index contributed by atoms with van der Waals surface area (Å²) in [5.41, 5.74) is 0.293. The molecule has 2 N–H and O–H groups in total. The lowest BCUT2D eigenvalue weighted by Gasteiger charge is -2.20. The van der Waals surface area contributed by atoms with Crippen LogP contribution in [0.1, 0.15) is 36.7 Å². The van der Waals surface area contributed by atoms with Crippen molar-refractivity contribution >= 4 is 33.2 Å². The van der Waals surface area contributed by atoms with Gasteiger partial charge in [-0.3, -0.25) is 10.1 Å². The maximum atomic E-state index is 13.7. The van der Waals surface area contributed by atoms with Gasteiger partial charge in [-0.05, 0) is 56.7 Å². The average Bonchev–Trinajstić information content (AvgIpc) is 2.55. The number of benzene rings is 2. The summed E-state index contributed by atoms with van der Waals surface area (Å²) in [6.07, 6.45) is 0.376. The largest absolute Gasteiger partial charge is 0.444 e. The molecule has 2 rings (SSSR count). The SMILES string of the molecule is CC(C)(C)OC(=O)Nc1ccc(F)cc1NC(=O)c1ccc(CS(C)(=O)=O)cc1. The monoisotopic (exact) mass is 422 g/mol. The van der Waals surface area contributed by atoms with Gasteiger partial charge in [-0.15, -0.1) is 0 Å². The van der Waals surface area contributed by atoms with Crippen molar-refractivity contribution in [2.75, 3.05) is 16.9 Å². The molecule has 0 aliphatic rings. The minimum atomic E-state index is -3.19. The Balaban J connectivity index is 2.17. The third kappa shape index (κ3) is 7.53. The smallest absolute Gasteiger partial charge is 0.412 e. The Morgan fingerprint density at radius 3 is 2.17 bits per heavy atom. The minimum Gasteiger partial charge on any atom is -0.444 e. The van der Waals surface area contributed by atoms with Crippen LogP contribution in [0.4, 0.5) is 20.6 Å². The highest BCUT2D eigenvalue weighted by molar-refractivity contribution is 7.89. The molecule has 0 aromatic heterocycles. The summed E-state index contributed by atoms with van der Waals surface area (Å²) >= 11 is 0. The molecule has 0 radical (unpaired) electrons. The van der Waals surface area contributed by atoms with Crippen molar-refractivity contribution in [2.45, 2.75) is 32.1 Å². The predicted molar refractivity (Wildman–Crippen MR) is 109 cm³/mol. The summed E-state index contributed by atoms with van der Waals surface area (Å²) in [7, 11) is -3.19. The summed E-state index contributed by atoms with van der Waals surface area (Å²) in [5, 5.41) is 5.01. The van der Waals surface area contributed by atoms with Crippen LogP contribution in [0.25, 0.3) is 0 Å². The highest BCUT2D eigenvalue weighted by Gasteiger charge is 2.18. The van der Waals surface area contributed by atoms with Gasteiger partial charge in [0.25, 0.3) is 5.91 Å². The van der Waals surface area contributed by atoms with Crippen LogP contribution in [0.2, 0.25) is 0 Å². The minimum absolute atomic E-state index is 0.0565. The molecule has 2 aromatic carbocycles. The highest BCUT2D eigenvalue weighted by atomic mass is 32.2. The molecule has 0 bridgehead atoms. The summed E-state index contributed by atoms with van der Waals surface area (Å²) in [4.78, 5) is 24.5. The van der Waals surface area contributed by atoms with Crippen molar-refractivity contribution in [1.29, 1.82) is 0 Å². The Morgan fingerprint density at radius 2 is 1.62 bits per heavy atom. The van der Waals surface area contributed by atoms with Crippen LogP contribution in [-0.4, -0.2) is 32.3 Å². The molecule has 2 aromatic rings. The molecule has 2 amide bonds. The summed E-state index contributed by atoms with van der Waals surface area (Å²) in [5.74, 6) is -1.28. The van der Waals surface area contributed by atoms with Crippen molar-refractivity contribution in [3.8, 4) is 0 Å². The Kier molecular flexibility index (Phi) is 6.63. The highest BCUT2D eigenvalue weighted by Crippen LogP contribution is 2.24. The maximum Gasteiger partial charge on any atom is 0.412 e. The zero-order valence-corrected chi connectivity index (χ0v) is 17.4. The van der Waals surface area contributed by atoms with Gasteiger partial charge in [-0.2, -0.15) is 0 Å². The van der Waals surface area contributed by atoms with Gasteiger partial charge >= 0.3 is 6.09 Å². The number of hydrogen-bond donors (Lipinski definition) is 2. The lowest BCUT2D eigenvalue weighted by atomic mass is 10.1. The molecular formula is C20H23FN2O5S. The van der Waals surface area contributed by atoms with Gasteiger partial charge in [0.15, 0.2) is 9.84 Å². The summed E-state index contributed by atoms with van der Waals surface area (Å²) < 4.78 is 41.5. The lowest BCUT2D eigenvalue weighted by Crippen LogP contribution is -2.27.